The fourth-order valence-electron chi connectivity index (χ4n) is 0.568. The Morgan fingerprint density at radius 3 is 3.22 bits per heavy atom. The number of hydrogen-bond donors (Lipinski definition) is 0. The summed E-state index contributed by atoms with van der Waals surface area (Å²) in [6, 6.07) is 3.76. The SMILES string of the molecule is C#CCc1[c]nccc1. The number of hydrogen-bond acceptors (Lipinski definition) is 1. The first-order valence-corrected chi connectivity index (χ1v) is 2.68. The maximum atomic E-state index is 5.06. The van der Waals surface area contributed by atoms with Crippen molar-refractivity contribution in [2.75, 3.05) is 0 Å². The zero-order valence-electron chi connectivity index (χ0n) is 4.96. The Labute approximate surface area is 54.7 Å². The summed E-state index contributed by atoms with van der Waals surface area (Å²) in [5.74, 6) is 2.51. The van der Waals surface area contributed by atoms with Crippen LogP contribution in [-0.4, -0.2) is 4.98 Å². The minimum absolute atomic E-state index is 0.619. The van der Waals surface area contributed by atoms with Gasteiger partial charge in [0.15, 0.2) is 0 Å². The Kier molecular flexibility index (Phi) is 1.87. The van der Waals surface area contributed by atoms with E-state index < -0.39 is 0 Å². The van der Waals surface area contributed by atoms with Gasteiger partial charge in [0.2, 0.25) is 0 Å². The minimum Gasteiger partial charge on any atom is -0.254 e. The lowest BCUT2D eigenvalue weighted by Crippen LogP contribution is -1.80. The summed E-state index contributed by atoms with van der Waals surface area (Å²) >= 11 is 0. The second kappa shape index (κ2) is 2.88. The molecule has 1 heterocycles. The van der Waals surface area contributed by atoms with Crippen molar-refractivity contribution in [2.45, 2.75) is 6.42 Å². The van der Waals surface area contributed by atoms with Crippen molar-refractivity contribution in [1.29, 1.82) is 0 Å². The Morgan fingerprint density at radius 1 is 1.78 bits per heavy atom. The van der Waals surface area contributed by atoms with Crippen molar-refractivity contribution in [3.05, 3.63) is 30.1 Å². The van der Waals surface area contributed by atoms with Crippen LogP contribution in [0.3, 0.4) is 0 Å². The topological polar surface area (TPSA) is 12.9 Å². The van der Waals surface area contributed by atoms with Gasteiger partial charge in [0, 0.05) is 12.6 Å². The first-order valence-electron chi connectivity index (χ1n) is 2.68. The second-order valence-corrected chi connectivity index (χ2v) is 1.66. The van der Waals surface area contributed by atoms with Gasteiger partial charge < -0.3 is 0 Å². The molecule has 0 N–H and O–H groups in total. The van der Waals surface area contributed by atoms with Crippen LogP contribution in [0.2, 0.25) is 0 Å². The van der Waals surface area contributed by atoms with Crippen LogP contribution in [0, 0.1) is 18.5 Å². The van der Waals surface area contributed by atoms with E-state index in [9.17, 15) is 0 Å². The molecule has 0 atom stereocenters. The molecule has 0 aliphatic heterocycles. The molecule has 0 unspecified atom stereocenters. The lowest BCUT2D eigenvalue weighted by atomic mass is 10.2. The number of rotatable bonds is 1. The Morgan fingerprint density at radius 2 is 2.67 bits per heavy atom. The van der Waals surface area contributed by atoms with Gasteiger partial charge in [0.05, 0.1) is 6.20 Å². The van der Waals surface area contributed by atoms with Gasteiger partial charge in [-0.3, -0.25) is 4.98 Å². The lowest BCUT2D eigenvalue weighted by Gasteiger charge is -1.87. The fraction of sp³-hybridized carbons (Fsp3) is 0.125. The maximum absolute atomic E-state index is 5.06. The van der Waals surface area contributed by atoms with Crippen LogP contribution >= 0.6 is 0 Å². The van der Waals surface area contributed by atoms with Crippen LogP contribution in [0.1, 0.15) is 5.56 Å². The van der Waals surface area contributed by atoms with Crippen LogP contribution in [0.25, 0.3) is 0 Å². The third-order valence-electron chi connectivity index (χ3n) is 0.959. The smallest absolute Gasteiger partial charge is 0.0930 e. The first kappa shape index (κ1) is 5.84. The molecule has 0 amide bonds. The minimum atomic E-state index is 0.619. The summed E-state index contributed by atoms with van der Waals surface area (Å²) < 4.78 is 0. The summed E-state index contributed by atoms with van der Waals surface area (Å²) in [4.78, 5) is 3.78. The molecule has 0 bridgehead atoms. The van der Waals surface area contributed by atoms with Crippen LogP contribution in [-0.2, 0) is 6.42 Å². The Balaban J connectivity index is 2.76. The van der Waals surface area contributed by atoms with Crippen molar-refractivity contribution in [3.63, 3.8) is 0 Å². The highest BCUT2D eigenvalue weighted by Gasteiger charge is 1.84. The number of aromatic nitrogens is 1. The van der Waals surface area contributed by atoms with Gasteiger partial charge in [-0.05, 0) is 11.6 Å². The molecule has 1 rings (SSSR count). The highest BCUT2D eigenvalue weighted by atomic mass is 14.6. The van der Waals surface area contributed by atoms with Crippen LogP contribution in [0.4, 0.5) is 0 Å². The molecule has 0 saturated heterocycles. The molecular weight excluding hydrogens is 110 g/mol. The molecule has 43 valence electrons. The maximum Gasteiger partial charge on any atom is 0.0930 e. The van der Waals surface area contributed by atoms with Gasteiger partial charge in [0.1, 0.15) is 0 Å². The zero-order valence-corrected chi connectivity index (χ0v) is 4.96. The van der Waals surface area contributed by atoms with E-state index in [0.717, 1.165) is 5.56 Å². The molecule has 0 aromatic carbocycles. The average Bonchev–Trinajstić information content (AvgIpc) is 1.91. The Hall–Kier alpha value is -1.29. The summed E-state index contributed by atoms with van der Waals surface area (Å²) in [5, 5.41) is 0. The molecular formula is C8H6N. The molecule has 1 radical (unpaired) electrons. The number of pyridine rings is 1. The monoisotopic (exact) mass is 116 g/mol. The van der Waals surface area contributed by atoms with E-state index in [2.05, 4.69) is 17.1 Å². The summed E-state index contributed by atoms with van der Waals surface area (Å²) in [5.41, 5.74) is 0.972. The van der Waals surface area contributed by atoms with E-state index in [0.29, 0.717) is 6.42 Å². The van der Waals surface area contributed by atoms with Crippen molar-refractivity contribution in [2.24, 2.45) is 0 Å². The van der Waals surface area contributed by atoms with Crippen molar-refractivity contribution in [1.82, 2.24) is 4.98 Å². The van der Waals surface area contributed by atoms with E-state index in [1.54, 1.807) is 6.20 Å². The van der Waals surface area contributed by atoms with E-state index in [1.807, 2.05) is 12.1 Å². The molecule has 0 saturated carbocycles. The molecule has 1 aromatic rings. The third kappa shape index (κ3) is 1.58. The first-order chi connectivity index (χ1) is 4.43. The van der Waals surface area contributed by atoms with E-state index in [4.69, 9.17) is 6.42 Å². The molecule has 1 aromatic heterocycles. The molecule has 1 nitrogen and oxygen atoms in total. The van der Waals surface area contributed by atoms with Crippen molar-refractivity contribution < 1.29 is 0 Å². The van der Waals surface area contributed by atoms with Gasteiger partial charge in [-0.25, -0.2) is 0 Å². The summed E-state index contributed by atoms with van der Waals surface area (Å²) in [6.45, 7) is 0. The van der Waals surface area contributed by atoms with E-state index in [-0.39, 0.29) is 0 Å². The number of terminal acetylenes is 1. The lowest BCUT2D eigenvalue weighted by molar-refractivity contribution is 1.20. The average molecular weight is 116 g/mol. The molecule has 0 aliphatic rings. The largest absolute Gasteiger partial charge is 0.254 e. The van der Waals surface area contributed by atoms with E-state index in [1.165, 1.54) is 0 Å². The van der Waals surface area contributed by atoms with Gasteiger partial charge in [-0.2, -0.15) is 0 Å². The molecule has 9 heavy (non-hydrogen) atoms. The van der Waals surface area contributed by atoms with Gasteiger partial charge in [-0.1, -0.05) is 6.07 Å². The normalized spacial score (nSPS) is 8.33. The van der Waals surface area contributed by atoms with Crippen molar-refractivity contribution >= 4 is 0 Å². The molecule has 0 aliphatic carbocycles. The summed E-state index contributed by atoms with van der Waals surface area (Å²) in [6.07, 6.45) is 10.1. The van der Waals surface area contributed by atoms with Gasteiger partial charge in [-0.15, -0.1) is 12.3 Å². The number of nitrogens with zero attached hydrogens (tertiary/aromatic N) is 1. The second-order valence-electron chi connectivity index (χ2n) is 1.66. The fourth-order valence-corrected chi connectivity index (χ4v) is 0.568. The molecule has 0 spiro atoms. The molecule has 0 fully saturated rings. The standard InChI is InChI=1S/C8H6N/c1-2-4-8-5-3-6-9-7-8/h1,3,5-6H,4H2. The Bertz CT molecular complexity index is 208. The quantitative estimate of drug-likeness (QED) is 0.500. The van der Waals surface area contributed by atoms with Crippen molar-refractivity contribution in [3.8, 4) is 12.3 Å². The van der Waals surface area contributed by atoms with E-state index >= 15 is 0 Å². The van der Waals surface area contributed by atoms with Crippen LogP contribution < -0.4 is 0 Å². The zero-order chi connectivity index (χ0) is 6.53. The highest BCUT2D eigenvalue weighted by molar-refractivity contribution is 5.13. The van der Waals surface area contributed by atoms with Crippen LogP contribution in [0.5, 0.6) is 0 Å². The predicted octanol–water partition coefficient (Wildman–Crippen LogP) is 1.06. The summed E-state index contributed by atoms with van der Waals surface area (Å²) in [7, 11) is 0. The predicted molar refractivity (Wildman–Crippen MR) is 35.6 cm³/mol. The van der Waals surface area contributed by atoms with Crippen LogP contribution in [0.15, 0.2) is 18.3 Å². The molecule has 1 heteroatoms. The van der Waals surface area contributed by atoms with Gasteiger partial charge in [0.25, 0.3) is 0 Å². The van der Waals surface area contributed by atoms with Gasteiger partial charge >= 0.3 is 0 Å². The highest BCUT2D eigenvalue weighted by Crippen LogP contribution is 1.93. The third-order valence-corrected chi connectivity index (χ3v) is 0.959.